The van der Waals surface area contributed by atoms with E-state index in [1.807, 2.05) is 0 Å². The number of hydrogen-bond donors (Lipinski definition) is 3. The number of halogens is 2. The van der Waals surface area contributed by atoms with Crippen LogP contribution in [0.15, 0.2) is 36.4 Å². The largest absolute Gasteiger partial charge is 0.494 e. The quantitative estimate of drug-likeness (QED) is 0.414. The molecule has 0 atom stereocenters. The predicted molar refractivity (Wildman–Crippen MR) is 114 cm³/mol. The van der Waals surface area contributed by atoms with E-state index < -0.39 is 11.9 Å². The first kappa shape index (κ1) is 21.9. The Morgan fingerprint density at radius 1 is 1.21 bits per heavy atom. The molecule has 28 heavy (non-hydrogen) atoms. The SMILES string of the molecule is CCCCOc1cccc(C(=O)NC(=S)Nc2c(Cl)cc(Cl)cc2C(=O)O)c1. The highest BCUT2D eigenvalue weighted by molar-refractivity contribution is 7.80. The first-order valence-electron chi connectivity index (χ1n) is 8.39. The minimum atomic E-state index is -1.24. The molecule has 148 valence electrons. The molecule has 0 heterocycles. The lowest BCUT2D eigenvalue weighted by molar-refractivity contribution is 0.0697. The maximum Gasteiger partial charge on any atom is 0.337 e. The van der Waals surface area contributed by atoms with E-state index in [1.165, 1.54) is 12.1 Å². The second kappa shape index (κ2) is 10.3. The minimum absolute atomic E-state index is 0.0421. The molecule has 2 aromatic carbocycles. The van der Waals surface area contributed by atoms with Crippen LogP contribution in [0.5, 0.6) is 5.75 Å². The van der Waals surface area contributed by atoms with Crippen molar-refractivity contribution in [1.82, 2.24) is 5.32 Å². The van der Waals surface area contributed by atoms with Gasteiger partial charge in [0, 0.05) is 10.6 Å². The second-order valence-corrected chi connectivity index (χ2v) is 7.01. The number of carboxylic acids is 1. The van der Waals surface area contributed by atoms with Crippen LogP contribution in [0.2, 0.25) is 10.0 Å². The lowest BCUT2D eigenvalue weighted by Gasteiger charge is -2.14. The topological polar surface area (TPSA) is 87.7 Å². The van der Waals surface area contributed by atoms with E-state index in [0.717, 1.165) is 12.8 Å². The highest BCUT2D eigenvalue weighted by atomic mass is 35.5. The fourth-order valence-corrected chi connectivity index (χ4v) is 2.99. The van der Waals surface area contributed by atoms with Crippen LogP contribution in [0, 0.1) is 0 Å². The van der Waals surface area contributed by atoms with Crippen LogP contribution in [-0.2, 0) is 0 Å². The van der Waals surface area contributed by atoms with Gasteiger partial charge in [0.1, 0.15) is 5.75 Å². The first-order valence-corrected chi connectivity index (χ1v) is 9.55. The summed E-state index contributed by atoms with van der Waals surface area (Å²) in [6, 6.07) is 9.29. The number of unbranched alkanes of at least 4 members (excludes halogenated alkanes) is 1. The Balaban J connectivity index is 2.09. The highest BCUT2D eigenvalue weighted by Gasteiger charge is 2.17. The number of carbonyl (C=O) groups excluding carboxylic acids is 1. The van der Waals surface area contributed by atoms with Gasteiger partial charge in [-0.15, -0.1) is 0 Å². The van der Waals surface area contributed by atoms with E-state index >= 15 is 0 Å². The molecule has 0 aliphatic heterocycles. The molecular weight excluding hydrogens is 423 g/mol. The molecule has 0 aliphatic carbocycles. The third-order valence-electron chi connectivity index (χ3n) is 3.61. The summed E-state index contributed by atoms with van der Waals surface area (Å²) in [5.74, 6) is -1.13. The van der Waals surface area contributed by atoms with Crippen molar-refractivity contribution in [2.45, 2.75) is 19.8 Å². The number of carbonyl (C=O) groups is 2. The molecule has 0 fully saturated rings. The molecule has 2 aromatic rings. The van der Waals surface area contributed by atoms with Gasteiger partial charge in [-0.05, 0) is 49.0 Å². The zero-order chi connectivity index (χ0) is 20.7. The molecule has 1 amide bonds. The zero-order valence-electron chi connectivity index (χ0n) is 14.9. The molecule has 0 saturated carbocycles. The summed E-state index contributed by atoms with van der Waals surface area (Å²) >= 11 is 17.0. The predicted octanol–water partition coefficient (Wildman–Crippen LogP) is 5.00. The highest BCUT2D eigenvalue weighted by Crippen LogP contribution is 2.30. The second-order valence-electron chi connectivity index (χ2n) is 5.75. The summed E-state index contributed by atoms with van der Waals surface area (Å²) in [4.78, 5) is 23.8. The molecule has 0 aliphatic rings. The Morgan fingerprint density at radius 3 is 2.64 bits per heavy atom. The summed E-state index contributed by atoms with van der Waals surface area (Å²) in [5.41, 5.74) is 0.222. The Hall–Kier alpha value is -2.35. The van der Waals surface area contributed by atoms with Crippen molar-refractivity contribution in [3.05, 3.63) is 57.6 Å². The van der Waals surface area contributed by atoms with Crippen LogP contribution in [-0.4, -0.2) is 28.7 Å². The smallest absolute Gasteiger partial charge is 0.337 e. The number of benzene rings is 2. The van der Waals surface area contributed by atoms with Crippen molar-refractivity contribution in [2.75, 3.05) is 11.9 Å². The Labute approximate surface area is 177 Å². The van der Waals surface area contributed by atoms with Crippen molar-refractivity contribution in [2.24, 2.45) is 0 Å². The van der Waals surface area contributed by atoms with Gasteiger partial charge in [-0.1, -0.05) is 42.6 Å². The number of ether oxygens (including phenoxy) is 1. The number of anilines is 1. The van der Waals surface area contributed by atoms with Gasteiger partial charge in [0.2, 0.25) is 0 Å². The van der Waals surface area contributed by atoms with Gasteiger partial charge < -0.3 is 15.2 Å². The van der Waals surface area contributed by atoms with E-state index in [9.17, 15) is 14.7 Å². The molecule has 0 spiro atoms. The fraction of sp³-hybridized carbons (Fsp3) is 0.211. The van der Waals surface area contributed by atoms with Gasteiger partial charge in [0.15, 0.2) is 5.11 Å². The average Bonchev–Trinajstić information content (AvgIpc) is 2.64. The van der Waals surface area contributed by atoms with Gasteiger partial charge >= 0.3 is 5.97 Å². The number of nitrogens with one attached hydrogen (secondary N) is 2. The first-order chi connectivity index (χ1) is 13.3. The Morgan fingerprint density at radius 2 is 1.96 bits per heavy atom. The minimum Gasteiger partial charge on any atom is -0.494 e. The van der Waals surface area contributed by atoms with Crippen LogP contribution < -0.4 is 15.4 Å². The van der Waals surface area contributed by atoms with Gasteiger partial charge in [-0.3, -0.25) is 10.1 Å². The number of amides is 1. The summed E-state index contributed by atoms with van der Waals surface area (Å²) < 4.78 is 5.58. The van der Waals surface area contributed by atoms with E-state index in [-0.39, 0.29) is 26.4 Å². The number of carboxylic acid groups (broad SMARTS) is 1. The third-order valence-corrected chi connectivity index (χ3v) is 4.33. The van der Waals surface area contributed by atoms with Crippen LogP contribution in [0.1, 0.15) is 40.5 Å². The zero-order valence-corrected chi connectivity index (χ0v) is 17.2. The molecule has 6 nitrogen and oxygen atoms in total. The van der Waals surface area contributed by atoms with Crippen LogP contribution in [0.3, 0.4) is 0 Å². The lowest BCUT2D eigenvalue weighted by atomic mass is 10.2. The van der Waals surface area contributed by atoms with Gasteiger partial charge in [0.05, 0.1) is 22.9 Å². The third kappa shape index (κ3) is 6.09. The van der Waals surface area contributed by atoms with Crippen molar-refractivity contribution in [1.29, 1.82) is 0 Å². The Bertz CT molecular complexity index is 905. The molecule has 9 heteroatoms. The molecular formula is C19H18Cl2N2O4S. The maximum atomic E-state index is 12.4. The van der Waals surface area contributed by atoms with Crippen molar-refractivity contribution >= 4 is 58.1 Å². The van der Waals surface area contributed by atoms with E-state index in [0.29, 0.717) is 17.9 Å². The number of thiocarbonyl (C=S) groups is 1. The summed E-state index contributed by atoms with van der Waals surface area (Å²) in [7, 11) is 0. The Kier molecular flexibility index (Phi) is 8.04. The van der Waals surface area contributed by atoms with Gasteiger partial charge in [0.25, 0.3) is 5.91 Å². The van der Waals surface area contributed by atoms with E-state index in [2.05, 4.69) is 17.6 Å². The van der Waals surface area contributed by atoms with Crippen LogP contribution in [0.4, 0.5) is 5.69 Å². The lowest BCUT2D eigenvalue weighted by Crippen LogP contribution is -2.34. The molecule has 3 N–H and O–H groups in total. The molecule has 0 saturated heterocycles. The number of hydrogen-bond acceptors (Lipinski definition) is 4. The van der Waals surface area contributed by atoms with E-state index in [4.69, 9.17) is 40.2 Å². The molecule has 0 unspecified atom stereocenters. The summed E-state index contributed by atoms with van der Waals surface area (Å²) in [5, 5.41) is 14.6. The normalized spacial score (nSPS) is 10.2. The molecule has 2 rings (SSSR count). The van der Waals surface area contributed by atoms with Gasteiger partial charge in [-0.25, -0.2) is 4.79 Å². The monoisotopic (exact) mass is 440 g/mol. The summed E-state index contributed by atoms with van der Waals surface area (Å²) in [6.45, 7) is 2.62. The van der Waals surface area contributed by atoms with Gasteiger partial charge in [-0.2, -0.15) is 0 Å². The molecule has 0 bridgehead atoms. The molecule has 0 radical (unpaired) electrons. The van der Waals surface area contributed by atoms with Crippen molar-refractivity contribution in [3.63, 3.8) is 0 Å². The van der Waals surface area contributed by atoms with E-state index in [1.54, 1.807) is 24.3 Å². The maximum absolute atomic E-state index is 12.4. The summed E-state index contributed by atoms with van der Waals surface area (Å²) in [6.07, 6.45) is 1.92. The standard InChI is InChI=1S/C19H18Cl2N2O4S/c1-2-3-7-27-13-6-4-5-11(8-13)17(24)23-19(28)22-16-14(18(25)26)9-12(20)10-15(16)21/h4-6,8-10H,2-3,7H2,1H3,(H,25,26)(H2,22,23,24,28). The average molecular weight is 441 g/mol. The van der Waals surface area contributed by atoms with Crippen LogP contribution >= 0.6 is 35.4 Å². The van der Waals surface area contributed by atoms with Crippen molar-refractivity contribution < 1.29 is 19.4 Å². The number of aromatic carboxylic acids is 1. The fourth-order valence-electron chi connectivity index (χ4n) is 2.25. The number of rotatable bonds is 7. The van der Waals surface area contributed by atoms with Crippen LogP contribution in [0.25, 0.3) is 0 Å². The molecule has 0 aromatic heterocycles. The van der Waals surface area contributed by atoms with Crippen molar-refractivity contribution in [3.8, 4) is 5.75 Å².